The maximum atomic E-state index is 12.7. The number of nitrogens with zero attached hydrogens (tertiary/aromatic N) is 1. The number of benzene rings is 2. The molecule has 0 aromatic heterocycles. The number of carbonyl (C=O) groups is 1. The molecule has 0 aliphatic heterocycles. The molecule has 0 amide bonds. The molecule has 1 aliphatic carbocycles. The van der Waals surface area contributed by atoms with Gasteiger partial charge in [0.25, 0.3) is 0 Å². The van der Waals surface area contributed by atoms with Crippen LogP contribution in [0.1, 0.15) is 33.8 Å². The van der Waals surface area contributed by atoms with Crippen LogP contribution in [0.4, 0.5) is 0 Å². The first-order valence-electron chi connectivity index (χ1n) is 7.43. The molecule has 2 nitrogen and oxygen atoms in total. The number of hydrogen-bond acceptors (Lipinski definition) is 2. The van der Waals surface area contributed by atoms with E-state index in [1.54, 1.807) is 0 Å². The number of carbonyl (C=O) groups excluding carboxylic acids is 1. The lowest BCUT2D eigenvalue weighted by atomic mass is 9.76. The van der Waals surface area contributed by atoms with Gasteiger partial charge in [0.2, 0.25) is 0 Å². The summed E-state index contributed by atoms with van der Waals surface area (Å²) in [6.45, 7) is 0. The van der Waals surface area contributed by atoms with Crippen molar-refractivity contribution in [2.45, 2.75) is 12.3 Å². The smallest absolute Gasteiger partial charge is 0.190 e. The van der Waals surface area contributed by atoms with Gasteiger partial charge < -0.3 is 4.90 Å². The van der Waals surface area contributed by atoms with Gasteiger partial charge in [-0.2, -0.15) is 0 Å². The van der Waals surface area contributed by atoms with Crippen molar-refractivity contribution in [3.63, 3.8) is 0 Å². The molecule has 0 spiro atoms. The van der Waals surface area contributed by atoms with Crippen molar-refractivity contribution in [3.8, 4) is 0 Å². The molecule has 0 heterocycles. The van der Waals surface area contributed by atoms with Gasteiger partial charge in [-0.15, -0.1) is 0 Å². The normalized spacial score (nSPS) is 18.9. The summed E-state index contributed by atoms with van der Waals surface area (Å²) in [5.74, 6) is 0.204. The van der Waals surface area contributed by atoms with Crippen molar-refractivity contribution >= 4 is 29.0 Å². The van der Waals surface area contributed by atoms with Crippen LogP contribution in [0.2, 0.25) is 10.0 Å². The molecule has 0 saturated heterocycles. The van der Waals surface area contributed by atoms with Crippen LogP contribution in [0.15, 0.2) is 54.2 Å². The SMILES string of the molecule is CN(C)C=C1CC(c2ccc(Cl)c(Cl)c2)c2ccccc2C1=O. The van der Waals surface area contributed by atoms with Crippen molar-refractivity contribution in [2.75, 3.05) is 14.1 Å². The topological polar surface area (TPSA) is 20.3 Å². The van der Waals surface area contributed by atoms with Crippen molar-refractivity contribution in [1.29, 1.82) is 0 Å². The summed E-state index contributed by atoms with van der Waals surface area (Å²) >= 11 is 12.2. The number of Topliss-reactive ketones (excluding diaryl/α,β-unsaturated/α-hetero) is 1. The van der Waals surface area contributed by atoms with Gasteiger partial charge in [0.1, 0.15) is 0 Å². The van der Waals surface area contributed by atoms with E-state index >= 15 is 0 Å². The van der Waals surface area contributed by atoms with Crippen LogP contribution in [-0.2, 0) is 0 Å². The van der Waals surface area contributed by atoms with Crippen molar-refractivity contribution < 1.29 is 4.79 Å². The molecule has 0 radical (unpaired) electrons. The lowest BCUT2D eigenvalue weighted by molar-refractivity contribution is 0.102. The van der Waals surface area contributed by atoms with Gasteiger partial charge in [0, 0.05) is 37.3 Å². The van der Waals surface area contributed by atoms with Gasteiger partial charge in [-0.3, -0.25) is 4.79 Å². The Labute approximate surface area is 146 Å². The van der Waals surface area contributed by atoms with Crippen molar-refractivity contribution in [3.05, 3.63) is 81.0 Å². The Kier molecular flexibility index (Phi) is 4.47. The first kappa shape index (κ1) is 16.1. The zero-order chi connectivity index (χ0) is 16.6. The predicted molar refractivity (Wildman–Crippen MR) is 95.5 cm³/mol. The second-order valence-corrected chi connectivity index (χ2v) is 6.78. The number of fused-ring (bicyclic) bond motifs is 1. The number of allylic oxidation sites excluding steroid dienone is 1. The molecule has 2 aromatic rings. The van der Waals surface area contributed by atoms with Gasteiger partial charge in [-0.05, 0) is 29.7 Å². The Bertz CT molecular complexity index is 796. The van der Waals surface area contributed by atoms with E-state index in [0.29, 0.717) is 16.5 Å². The molecular formula is C19H17Cl2NO. The molecule has 0 fully saturated rings. The van der Waals surface area contributed by atoms with Gasteiger partial charge in [0.05, 0.1) is 10.0 Å². The molecule has 1 unspecified atom stereocenters. The Morgan fingerprint density at radius 2 is 1.83 bits per heavy atom. The Hall–Kier alpha value is -1.77. The van der Waals surface area contributed by atoms with E-state index in [9.17, 15) is 4.79 Å². The Balaban J connectivity index is 2.14. The van der Waals surface area contributed by atoms with Crippen LogP contribution in [0.5, 0.6) is 0 Å². The third kappa shape index (κ3) is 3.15. The monoisotopic (exact) mass is 345 g/mol. The van der Waals surface area contributed by atoms with E-state index in [0.717, 1.165) is 22.3 Å². The molecule has 1 atom stereocenters. The third-order valence-electron chi connectivity index (χ3n) is 4.06. The second-order valence-electron chi connectivity index (χ2n) is 5.96. The first-order valence-corrected chi connectivity index (χ1v) is 8.18. The van der Waals surface area contributed by atoms with Crippen molar-refractivity contribution in [1.82, 2.24) is 4.90 Å². The highest BCUT2D eigenvalue weighted by atomic mass is 35.5. The fourth-order valence-electron chi connectivity index (χ4n) is 3.05. The van der Waals surface area contributed by atoms with Gasteiger partial charge in [0.15, 0.2) is 5.78 Å². The number of rotatable bonds is 2. The van der Waals surface area contributed by atoms with E-state index in [4.69, 9.17) is 23.2 Å². The van der Waals surface area contributed by atoms with E-state index in [2.05, 4.69) is 0 Å². The van der Waals surface area contributed by atoms with Crippen LogP contribution in [-0.4, -0.2) is 24.8 Å². The van der Waals surface area contributed by atoms with Gasteiger partial charge in [-0.25, -0.2) is 0 Å². The number of halogens is 2. The van der Waals surface area contributed by atoms with E-state index < -0.39 is 0 Å². The molecule has 0 saturated carbocycles. The fraction of sp³-hybridized carbons (Fsp3) is 0.211. The zero-order valence-electron chi connectivity index (χ0n) is 13.0. The second kappa shape index (κ2) is 6.38. The van der Waals surface area contributed by atoms with E-state index in [1.807, 2.05) is 67.7 Å². The summed E-state index contributed by atoms with van der Waals surface area (Å²) in [6, 6.07) is 13.5. The molecule has 4 heteroatoms. The maximum absolute atomic E-state index is 12.7. The van der Waals surface area contributed by atoms with Crippen LogP contribution >= 0.6 is 23.2 Å². The van der Waals surface area contributed by atoms with Crippen molar-refractivity contribution in [2.24, 2.45) is 0 Å². The van der Waals surface area contributed by atoms with E-state index in [1.165, 1.54) is 0 Å². The minimum atomic E-state index is 0.102. The zero-order valence-corrected chi connectivity index (χ0v) is 14.5. The van der Waals surface area contributed by atoms with Crippen LogP contribution < -0.4 is 0 Å². The minimum absolute atomic E-state index is 0.102. The summed E-state index contributed by atoms with van der Waals surface area (Å²) in [5, 5.41) is 1.08. The summed E-state index contributed by atoms with van der Waals surface area (Å²) in [4.78, 5) is 14.6. The van der Waals surface area contributed by atoms with Crippen LogP contribution in [0.3, 0.4) is 0 Å². The molecule has 0 bridgehead atoms. The summed E-state index contributed by atoms with van der Waals surface area (Å²) in [7, 11) is 3.85. The van der Waals surface area contributed by atoms with Crippen LogP contribution in [0, 0.1) is 0 Å². The quantitative estimate of drug-likeness (QED) is 0.701. The lowest BCUT2D eigenvalue weighted by Gasteiger charge is -2.28. The minimum Gasteiger partial charge on any atom is -0.383 e. The number of ketones is 1. The molecule has 0 N–H and O–H groups in total. The Morgan fingerprint density at radius 3 is 2.52 bits per heavy atom. The summed E-state index contributed by atoms with van der Waals surface area (Å²) < 4.78 is 0. The standard InChI is InChI=1S/C19H17Cl2NO/c1-22(2)11-13-9-16(12-7-8-17(20)18(21)10-12)14-5-3-4-6-15(14)19(13)23/h3-8,10-11,16H,9H2,1-2H3. The summed E-state index contributed by atoms with van der Waals surface area (Å²) in [5.41, 5.74) is 3.70. The molecule has 3 rings (SSSR count). The lowest BCUT2D eigenvalue weighted by Crippen LogP contribution is -2.21. The molecule has 2 aromatic carbocycles. The van der Waals surface area contributed by atoms with Gasteiger partial charge >= 0.3 is 0 Å². The molecule has 1 aliphatic rings. The third-order valence-corrected chi connectivity index (χ3v) is 4.80. The first-order chi connectivity index (χ1) is 11.0. The molecule has 23 heavy (non-hydrogen) atoms. The molecular weight excluding hydrogens is 329 g/mol. The molecule has 118 valence electrons. The predicted octanol–water partition coefficient (Wildman–Crippen LogP) is 5.16. The largest absolute Gasteiger partial charge is 0.383 e. The summed E-state index contributed by atoms with van der Waals surface area (Å²) in [6.07, 6.45) is 2.56. The highest BCUT2D eigenvalue weighted by molar-refractivity contribution is 6.42. The maximum Gasteiger partial charge on any atom is 0.190 e. The van der Waals surface area contributed by atoms with Gasteiger partial charge in [-0.1, -0.05) is 53.5 Å². The van der Waals surface area contributed by atoms with Crippen LogP contribution in [0.25, 0.3) is 0 Å². The van der Waals surface area contributed by atoms with E-state index in [-0.39, 0.29) is 11.7 Å². The highest BCUT2D eigenvalue weighted by Gasteiger charge is 2.30. The highest BCUT2D eigenvalue weighted by Crippen LogP contribution is 2.40. The number of hydrogen-bond donors (Lipinski definition) is 0. The Morgan fingerprint density at radius 1 is 1.09 bits per heavy atom. The average Bonchev–Trinajstić information content (AvgIpc) is 2.52. The average molecular weight is 346 g/mol. The fourth-order valence-corrected chi connectivity index (χ4v) is 3.36.